The monoisotopic (exact) mass is 398 g/mol. The van der Waals surface area contributed by atoms with E-state index in [9.17, 15) is 14.4 Å². The van der Waals surface area contributed by atoms with Crippen molar-refractivity contribution in [3.8, 4) is 0 Å². The Morgan fingerprint density at radius 2 is 1.82 bits per heavy atom. The van der Waals surface area contributed by atoms with Crippen molar-refractivity contribution in [1.82, 2.24) is 20.0 Å². The molecule has 0 aliphatic carbocycles. The van der Waals surface area contributed by atoms with Crippen LogP contribution in [0, 0.1) is 0 Å². The third kappa shape index (κ3) is 3.99. The standard InChI is InChI=1S/C19H18N4O4S/c1-20-18(26)22-16(24)15(12-8-4-3-5-9-12)27-17(25)14-13-10-6-7-11-23(13)19(21-14)28-2/h3-11,15H,1-2H3,(H2,20,22,24,26). The van der Waals surface area contributed by atoms with Gasteiger partial charge in [0.2, 0.25) is 6.10 Å². The van der Waals surface area contributed by atoms with Crippen LogP contribution in [-0.4, -0.2) is 40.6 Å². The van der Waals surface area contributed by atoms with Crippen molar-refractivity contribution in [2.45, 2.75) is 11.3 Å². The number of rotatable bonds is 5. The lowest BCUT2D eigenvalue weighted by Crippen LogP contribution is -2.41. The van der Waals surface area contributed by atoms with Gasteiger partial charge in [-0.15, -0.1) is 0 Å². The van der Waals surface area contributed by atoms with E-state index in [1.807, 2.05) is 12.3 Å². The summed E-state index contributed by atoms with van der Waals surface area (Å²) in [4.78, 5) is 41.2. The fourth-order valence-electron chi connectivity index (χ4n) is 2.61. The Bertz CT molecular complexity index is 1020. The number of pyridine rings is 1. The Morgan fingerprint density at radius 1 is 1.11 bits per heavy atom. The van der Waals surface area contributed by atoms with Gasteiger partial charge in [-0.1, -0.05) is 48.2 Å². The number of hydrogen-bond acceptors (Lipinski definition) is 6. The van der Waals surface area contributed by atoms with Gasteiger partial charge in [0.15, 0.2) is 10.9 Å². The number of imide groups is 1. The molecule has 9 heteroatoms. The van der Waals surface area contributed by atoms with Crippen LogP contribution >= 0.6 is 11.8 Å². The average Bonchev–Trinajstić information content (AvgIpc) is 3.11. The maximum Gasteiger partial charge on any atom is 0.360 e. The maximum absolute atomic E-state index is 12.8. The quantitative estimate of drug-likeness (QED) is 0.506. The molecule has 0 spiro atoms. The molecular formula is C19H18N4O4S. The first-order chi connectivity index (χ1) is 13.5. The van der Waals surface area contributed by atoms with E-state index in [2.05, 4.69) is 15.6 Å². The predicted molar refractivity (Wildman–Crippen MR) is 104 cm³/mol. The van der Waals surface area contributed by atoms with Crippen LogP contribution in [0.5, 0.6) is 0 Å². The third-order valence-corrected chi connectivity index (χ3v) is 4.57. The number of urea groups is 1. The topological polar surface area (TPSA) is 102 Å². The highest BCUT2D eigenvalue weighted by Crippen LogP contribution is 2.24. The van der Waals surface area contributed by atoms with E-state index < -0.39 is 24.0 Å². The van der Waals surface area contributed by atoms with E-state index >= 15 is 0 Å². The first kappa shape index (κ1) is 19.4. The normalized spacial score (nSPS) is 11.6. The van der Waals surface area contributed by atoms with E-state index in [-0.39, 0.29) is 5.69 Å². The van der Waals surface area contributed by atoms with Crippen LogP contribution in [0.1, 0.15) is 22.2 Å². The Balaban J connectivity index is 1.94. The summed E-state index contributed by atoms with van der Waals surface area (Å²) in [5.74, 6) is -1.52. The summed E-state index contributed by atoms with van der Waals surface area (Å²) in [5.41, 5.74) is 1.10. The lowest BCUT2D eigenvalue weighted by molar-refractivity contribution is -0.129. The predicted octanol–water partition coefficient (Wildman–Crippen LogP) is 2.41. The molecule has 0 saturated carbocycles. The highest BCUT2D eigenvalue weighted by Gasteiger charge is 2.29. The van der Waals surface area contributed by atoms with Gasteiger partial charge in [0.25, 0.3) is 5.91 Å². The zero-order valence-electron chi connectivity index (χ0n) is 15.2. The number of fused-ring (bicyclic) bond motifs is 1. The zero-order chi connectivity index (χ0) is 20.1. The number of thioether (sulfide) groups is 1. The zero-order valence-corrected chi connectivity index (χ0v) is 16.0. The van der Waals surface area contributed by atoms with Crippen LogP contribution < -0.4 is 10.6 Å². The van der Waals surface area contributed by atoms with Gasteiger partial charge in [0.1, 0.15) is 0 Å². The average molecular weight is 398 g/mol. The van der Waals surface area contributed by atoms with Crippen molar-refractivity contribution in [3.63, 3.8) is 0 Å². The molecule has 3 rings (SSSR count). The minimum atomic E-state index is -1.30. The summed E-state index contributed by atoms with van der Waals surface area (Å²) in [5, 5.41) is 5.05. The molecule has 1 unspecified atom stereocenters. The second kappa shape index (κ2) is 8.57. The molecule has 3 amide bonds. The van der Waals surface area contributed by atoms with Crippen LogP contribution in [-0.2, 0) is 9.53 Å². The number of imidazole rings is 1. The first-order valence-corrected chi connectivity index (χ1v) is 9.57. The summed E-state index contributed by atoms with van der Waals surface area (Å²) in [7, 11) is 1.38. The number of ether oxygens (including phenoxy) is 1. The van der Waals surface area contributed by atoms with Gasteiger partial charge in [-0.25, -0.2) is 14.6 Å². The van der Waals surface area contributed by atoms with Gasteiger partial charge in [-0.3, -0.25) is 14.5 Å². The van der Waals surface area contributed by atoms with Crippen molar-refractivity contribution < 1.29 is 19.1 Å². The number of esters is 1. The van der Waals surface area contributed by atoms with Gasteiger partial charge in [0.05, 0.1) is 5.52 Å². The van der Waals surface area contributed by atoms with Crippen molar-refractivity contribution in [3.05, 3.63) is 66.0 Å². The van der Waals surface area contributed by atoms with E-state index in [0.717, 1.165) is 0 Å². The first-order valence-electron chi connectivity index (χ1n) is 8.34. The Kier molecular flexibility index (Phi) is 5.95. The van der Waals surface area contributed by atoms with E-state index in [4.69, 9.17) is 4.74 Å². The van der Waals surface area contributed by atoms with Crippen LogP contribution in [0.4, 0.5) is 4.79 Å². The molecule has 1 aromatic carbocycles. The minimum absolute atomic E-state index is 0.0959. The molecule has 0 aliphatic heterocycles. The summed E-state index contributed by atoms with van der Waals surface area (Å²) in [6, 6.07) is 13.1. The number of hydrogen-bond donors (Lipinski definition) is 2. The Hall–Kier alpha value is -3.33. The lowest BCUT2D eigenvalue weighted by atomic mass is 10.1. The number of aromatic nitrogens is 2. The second-order valence-corrected chi connectivity index (χ2v) is 6.44. The van der Waals surface area contributed by atoms with Gasteiger partial charge < -0.3 is 10.1 Å². The molecule has 8 nitrogen and oxygen atoms in total. The van der Waals surface area contributed by atoms with Crippen molar-refractivity contribution in [2.75, 3.05) is 13.3 Å². The molecule has 0 bridgehead atoms. The van der Waals surface area contributed by atoms with Gasteiger partial charge in [-0.2, -0.15) is 0 Å². The van der Waals surface area contributed by atoms with Crippen LogP contribution in [0.15, 0.2) is 59.9 Å². The van der Waals surface area contributed by atoms with Crippen molar-refractivity contribution in [2.24, 2.45) is 0 Å². The van der Waals surface area contributed by atoms with Crippen LogP contribution in [0.3, 0.4) is 0 Å². The van der Waals surface area contributed by atoms with Gasteiger partial charge >= 0.3 is 12.0 Å². The van der Waals surface area contributed by atoms with Crippen molar-refractivity contribution >= 4 is 35.2 Å². The van der Waals surface area contributed by atoms with E-state index in [1.165, 1.54) is 18.8 Å². The van der Waals surface area contributed by atoms with Crippen LogP contribution in [0.25, 0.3) is 5.52 Å². The smallest absolute Gasteiger partial charge is 0.360 e. The number of benzene rings is 1. The SMILES string of the molecule is CNC(=O)NC(=O)C(OC(=O)c1nc(SC)n2ccccc12)c1ccccc1. The fraction of sp³-hybridized carbons (Fsp3) is 0.158. The molecule has 2 N–H and O–H groups in total. The summed E-state index contributed by atoms with van der Waals surface area (Å²) >= 11 is 1.38. The molecule has 0 aliphatic rings. The highest BCUT2D eigenvalue weighted by atomic mass is 32.2. The molecule has 3 aromatic rings. The van der Waals surface area contributed by atoms with Crippen molar-refractivity contribution in [1.29, 1.82) is 0 Å². The molecule has 0 radical (unpaired) electrons. The minimum Gasteiger partial charge on any atom is -0.442 e. The summed E-state index contributed by atoms with van der Waals surface area (Å²) < 4.78 is 7.25. The Morgan fingerprint density at radius 3 is 2.50 bits per heavy atom. The highest BCUT2D eigenvalue weighted by molar-refractivity contribution is 7.98. The number of carbonyl (C=O) groups excluding carboxylic acids is 3. The molecule has 28 heavy (non-hydrogen) atoms. The number of nitrogens with one attached hydrogen (secondary N) is 2. The summed E-state index contributed by atoms with van der Waals surface area (Å²) in [6.45, 7) is 0. The van der Waals surface area contributed by atoms with Gasteiger partial charge in [-0.05, 0) is 18.4 Å². The number of amides is 3. The molecule has 1 atom stereocenters. The summed E-state index contributed by atoms with van der Waals surface area (Å²) in [6.07, 6.45) is 2.34. The Labute approximate surface area is 165 Å². The molecule has 144 valence electrons. The van der Waals surface area contributed by atoms with E-state index in [1.54, 1.807) is 53.1 Å². The molecule has 2 aromatic heterocycles. The number of carbonyl (C=O) groups is 3. The molecule has 0 fully saturated rings. The lowest BCUT2D eigenvalue weighted by Gasteiger charge is -2.17. The largest absolute Gasteiger partial charge is 0.442 e. The van der Waals surface area contributed by atoms with Crippen LogP contribution in [0.2, 0.25) is 0 Å². The molecule has 0 saturated heterocycles. The molecule has 2 heterocycles. The van der Waals surface area contributed by atoms with E-state index in [0.29, 0.717) is 16.2 Å². The third-order valence-electron chi connectivity index (χ3n) is 3.92. The number of nitrogens with zero attached hydrogens (tertiary/aromatic N) is 2. The second-order valence-electron chi connectivity index (χ2n) is 5.67. The molecular weight excluding hydrogens is 380 g/mol. The maximum atomic E-state index is 12.8. The van der Waals surface area contributed by atoms with Gasteiger partial charge in [0, 0.05) is 18.8 Å². The fourth-order valence-corrected chi connectivity index (χ4v) is 3.15.